The van der Waals surface area contributed by atoms with Gasteiger partial charge in [-0.05, 0) is 42.2 Å². The van der Waals surface area contributed by atoms with Crippen LogP contribution in [0.15, 0.2) is 83.2 Å². The summed E-state index contributed by atoms with van der Waals surface area (Å²) in [5.74, 6) is 0.320. The van der Waals surface area contributed by atoms with Crippen molar-refractivity contribution < 1.29 is 4.79 Å². The lowest BCUT2D eigenvalue weighted by Gasteiger charge is -2.20. The summed E-state index contributed by atoms with van der Waals surface area (Å²) >= 11 is 3.48. The van der Waals surface area contributed by atoms with Crippen LogP contribution in [0, 0.1) is 5.92 Å². The van der Waals surface area contributed by atoms with E-state index in [4.69, 9.17) is 4.98 Å². The molecule has 1 aromatic heterocycles. The summed E-state index contributed by atoms with van der Waals surface area (Å²) in [4.78, 5) is 17.5. The fraction of sp³-hybridized carbons (Fsp3) is 0.259. The largest absolute Gasteiger partial charge is 0.326 e. The first-order valence-electron chi connectivity index (χ1n) is 11.2. The predicted octanol–water partition coefficient (Wildman–Crippen LogP) is 7.70. The molecule has 1 aliphatic carbocycles. The van der Waals surface area contributed by atoms with Gasteiger partial charge in [0.2, 0.25) is 5.91 Å². The van der Waals surface area contributed by atoms with Crippen LogP contribution in [0.25, 0.3) is 10.2 Å². The topological polar surface area (TPSA) is 42.0 Å². The summed E-state index contributed by atoms with van der Waals surface area (Å²) in [7, 11) is 0. The zero-order valence-corrected chi connectivity index (χ0v) is 19.5. The smallest absolute Gasteiger partial charge is 0.227 e. The maximum Gasteiger partial charge on any atom is 0.227 e. The number of hydrogen-bond donors (Lipinski definition) is 1. The molecule has 162 valence electrons. The summed E-state index contributed by atoms with van der Waals surface area (Å²) in [6, 6.07) is 27.2. The van der Waals surface area contributed by atoms with Gasteiger partial charge in [0, 0.05) is 11.6 Å². The molecule has 3 nitrogen and oxygen atoms in total. The van der Waals surface area contributed by atoms with Crippen molar-refractivity contribution in [3.8, 4) is 0 Å². The highest BCUT2D eigenvalue weighted by atomic mass is 32.2. The van der Waals surface area contributed by atoms with Crippen LogP contribution in [-0.2, 0) is 4.79 Å². The predicted molar refractivity (Wildman–Crippen MR) is 135 cm³/mol. The number of carbonyl (C=O) groups is 1. The van der Waals surface area contributed by atoms with Crippen molar-refractivity contribution in [2.45, 2.75) is 41.7 Å². The maximum absolute atomic E-state index is 12.6. The number of fused-ring (bicyclic) bond motifs is 1. The Bertz CT molecular complexity index is 1140. The molecule has 32 heavy (non-hydrogen) atoms. The summed E-state index contributed by atoms with van der Waals surface area (Å²) < 4.78 is 2.14. The summed E-state index contributed by atoms with van der Waals surface area (Å²) in [5, 5.41) is 3.32. The zero-order valence-electron chi connectivity index (χ0n) is 17.9. The molecule has 0 bridgehead atoms. The van der Waals surface area contributed by atoms with Gasteiger partial charge in [0.05, 0.1) is 15.5 Å². The highest BCUT2D eigenvalue weighted by Gasteiger charge is 2.22. The van der Waals surface area contributed by atoms with E-state index in [-0.39, 0.29) is 17.1 Å². The van der Waals surface area contributed by atoms with Crippen molar-refractivity contribution in [2.75, 3.05) is 5.32 Å². The summed E-state index contributed by atoms with van der Waals surface area (Å²) in [5.41, 5.74) is 4.38. The Hall–Kier alpha value is -2.63. The molecule has 0 atom stereocenters. The molecule has 0 saturated heterocycles. The molecule has 5 heteroatoms. The van der Waals surface area contributed by atoms with Crippen molar-refractivity contribution in [3.63, 3.8) is 0 Å². The highest BCUT2D eigenvalue weighted by Crippen LogP contribution is 2.43. The average Bonchev–Trinajstić information content (AvgIpc) is 3.26. The SMILES string of the molecule is O=C(Nc1ccc2nc(SC(c3ccccc3)c3ccccc3)sc2c1)C1CCCCC1. The molecule has 0 aliphatic heterocycles. The van der Waals surface area contributed by atoms with Gasteiger partial charge in [-0.3, -0.25) is 4.79 Å². The van der Waals surface area contributed by atoms with Crippen LogP contribution in [-0.4, -0.2) is 10.9 Å². The van der Waals surface area contributed by atoms with Crippen molar-refractivity contribution in [2.24, 2.45) is 5.92 Å². The Morgan fingerprint density at radius 1 is 0.906 bits per heavy atom. The van der Waals surface area contributed by atoms with Crippen LogP contribution in [0.3, 0.4) is 0 Å². The number of thiazole rings is 1. The molecular weight excluding hydrogens is 432 g/mol. The first kappa shape index (κ1) is 21.2. The fourth-order valence-electron chi connectivity index (χ4n) is 4.33. The Labute approximate surface area is 197 Å². The van der Waals surface area contributed by atoms with Gasteiger partial charge in [-0.25, -0.2) is 4.98 Å². The maximum atomic E-state index is 12.6. The average molecular weight is 459 g/mol. The number of benzene rings is 3. The van der Waals surface area contributed by atoms with Crippen LogP contribution < -0.4 is 5.32 Å². The van der Waals surface area contributed by atoms with Crippen LogP contribution in [0.1, 0.15) is 48.5 Å². The molecule has 1 saturated carbocycles. The molecular formula is C27H26N2OS2. The third kappa shape index (κ3) is 4.89. The number of anilines is 1. The van der Waals surface area contributed by atoms with E-state index in [0.717, 1.165) is 45.9 Å². The second kappa shape index (κ2) is 9.88. The lowest BCUT2D eigenvalue weighted by Crippen LogP contribution is -2.24. The lowest BCUT2D eigenvalue weighted by molar-refractivity contribution is -0.120. The summed E-state index contributed by atoms with van der Waals surface area (Å²) in [6.07, 6.45) is 5.60. The van der Waals surface area contributed by atoms with E-state index in [1.165, 1.54) is 17.5 Å². The van der Waals surface area contributed by atoms with Crippen molar-refractivity contribution >= 4 is 44.9 Å². The normalized spacial score (nSPS) is 14.7. The number of nitrogens with zero attached hydrogens (tertiary/aromatic N) is 1. The first-order valence-corrected chi connectivity index (χ1v) is 12.9. The van der Waals surface area contributed by atoms with Gasteiger partial charge in [0.15, 0.2) is 4.34 Å². The highest BCUT2D eigenvalue weighted by molar-refractivity contribution is 8.01. The van der Waals surface area contributed by atoms with Crippen molar-refractivity contribution in [1.82, 2.24) is 4.98 Å². The molecule has 1 amide bonds. The van der Waals surface area contributed by atoms with Crippen LogP contribution >= 0.6 is 23.1 Å². The molecule has 4 aromatic rings. The van der Waals surface area contributed by atoms with E-state index in [9.17, 15) is 4.79 Å². The minimum Gasteiger partial charge on any atom is -0.326 e. The Morgan fingerprint density at radius 2 is 1.56 bits per heavy atom. The zero-order chi connectivity index (χ0) is 21.8. The van der Waals surface area contributed by atoms with Gasteiger partial charge >= 0.3 is 0 Å². The quantitative estimate of drug-likeness (QED) is 0.301. The Balaban J connectivity index is 1.37. The van der Waals surface area contributed by atoms with Crippen LogP contribution in [0.4, 0.5) is 5.69 Å². The van der Waals surface area contributed by atoms with Gasteiger partial charge in [-0.15, -0.1) is 11.3 Å². The van der Waals surface area contributed by atoms with E-state index in [1.807, 2.05) is 12.1 Å². The fourth-order valence-corrected chi connectivity index (χ4v) is 6.75. The van der Waals surface area contributed by atoms with Gasteiger partial charge in [0.1, 0.15) is 0 Å². The molecule has 0 spiro atoms. The number of aromatic nitrogens is 1. The molecule has 0 radical (unpaired) electrons. The third-order valence-electron chi connectivity index (χ3n) is 6.04. The van der Waals surface area contributed by atoms with Crippen molar-refractivity contribution in [3.05, 3.63) is 90.0 Å². The molecule has 3 aromatic carbocycles. The second-order valence-electron chi connectivity index (χ2n) is 8.31. The number of hydrogen-bond acceptors (Lipinski definition) is 4. The van der Waals surface area contributed by atoms with Gasteiger partial charge < -0.3 is 5.32 Å². The number of thioether (sulfide) groups is 1. The second-order valence-corrected chi connectivity index (χ2v) is 10.7. The molecule has 1 aliphatic rings. The van der Waals surface area contributed by atoms with Gasteiger partial charge in [-0.2, -0.15) is 0 Å². The van der Waals surface area contributed by atoms with Gasteiger partial charge in [-0.1, -0.05) is 91.7 Å². The van der Waals surface area contributed by atoms with Crippen molar-refractivity contribution in [1.29, 1.82) is 0 Å². The number of amides is 1. The van der Waals surface area contributed by atoms with E-state index in [1.54, 1.807) is 23.1 Å². The Morgan fingerprint density at radius 3 is 2.22 bits per heavy atom. The molecule has 1 heterocycles. The van der Waals surface area contributed by atoms with E-state index < -0.39 is 0 Å². The van der Waals surface area contributed by atoms with E-state index in [2.05, 4.69) is 72.0 Å². The molecule has 1 fully saturated rings. The summed E-state index contributed by atoms with van der Waals surface area (Å²) in [6.45, 7) is 0. The number of carbonyl (C=O) groups excluding carboxylic acids is 1. The van der Waals surface area contributed by atoms with E-state index >= 15 is 0 Å². The van der Waals surface area contributed by atoms with Crippen LogP contribution in [0.5, 0.6) is 0 Å². The number of rotatable bonds is 6. The minimum absolute atomic E-state index is 0.157. The molecule has 1 N–H and O–H groups in total. The van der Waals surface area contributed by atoms with Gasteiger partial charge in [0.25, 0.3) is 0 Å². The third-order valence-corrected chi connectivity index (χ3v) is 8.46. The monoisotopic (exact) mass is 458 g/mol. The minimum atomic E-state index is 0.157. The lowest BCUT2D eigenvalue weighted by atomic mass is 9.88. The first-order chi connectivity index (χ1) is 15.8. The molecule has 0 unspecified atom stereocenters. The standard InChI is InChI=1S/C27H26N2OS2/c30-26(21-14-8-3-9-15-21)28-22-16-17-23-24(18-22)31-27(29-23)32-25(19-10-4-1-5-11-19)20-12-6-2-7-13-20/h1-2,4-7,10-13,16-18,21,25H,3,8-9,14-15H2,(H,28,30). The Kier molecular flexibility index (Phi) is 6.56. The molecule has 5 rings (SSSR count). The van der Waals surface area contributed by atoms with E-state index in [0.29, 0.717) is 0 Å². The van der Waals surface area contributed by atoms with Crippen LogP contribution in [0.2, 0.25) is 0 Å². The number of nitrogens with one attached hydrogen (secondary N) is 1.